The highest BCUT2D eigenvalue weighted by atomic mass is 16.5. The zero-order valence-electron chi connectivity index (χ0n) is 30.5. The van der Waals surface area contributed by atoms with Crippen molar-refractivity contribution in [2.24, 2.45) is 0 Å². The summed E-state index contributed by atoms with van der Waals surface area (Å²) in [5, 5.41) is 18.0. The highest BCUT2D eigenvalue weighted by Gasteiger charge is 2.32. The number of hydrogen-bond donors (Lipinski definition) is 2. The summed E-state index contributed by atoms with van der Waals surface area (Å²) in [6.45, 7) is 11.5. The summed E-state index contributed by atoms with van der Waals surface area (Å²) < 4.78 is 7.37. The predicted octanol–water partition coefficient (Wildman–Crippen LogP) is 6.92. The highest BCUT2D eigenvalue weighted by molar-refractivity contribution is 6.01. The highest BCUT2D eigenvalue weighted by Crippen LogP contribution is 2.29. The van der Waals surface area contributed by atoms with Gasteiger partial charge in [-0.3, -0.25) is 14.4 Å². The summed E-state index contributed by atoms with van der Waals surface area (Å²) in [6, 6.07) is 22.0. The number of nitrogens with zero attached hydrogens (tertiary/aromatic N) is 4. The van der Waals surface area contributed by atoms with Gasteiger partial charge in [0.1, 0.15) is 5.75 Å². The van der Waals surface area contributed by atoms with Crippen LogP contribution in [0.2, 0.25) is 0 Å². The second kappa shape index (κ2) is 17.3. The van der Waals surface area contributed by atoms with Crippen molar-refractivity contribution in [3.63, 3.8) is 0 Å². The molecule has 2 N–H and O–H groups in total. The molecule has 51 heavy (non-hydrogen) atoms. The molecule has 270 valence electrons. The summed E-state index contributed by atoms with van der Waals surface area (Å²) in [5.41, 5.74) is 5.47. The van der Waals surface area contributed by atoms with Gasteiger partial charge in [-0.1, -0.05) is 76.9 Å². The molecule has 1 aliphatic heterocycles. The van der Waals surface area contributed by atoms with Crippen molar-refractivity contribution in [2.75, 3.05) is 31.6 Å². The first-order valence-electron chi connectivity index (χ1n) is 18.1. The van der Waals surface area contributed by atoms with E-state index < -0.39 is 6.04 Å². The van der Waals surface area contributed by atoms with E-state index in [1.165, 1.54) is 5.56 Å². The molecule has 0 unspecified atom stereocenters. The lowest BCUT2D eigenvalue weighted by molar-refractivity contribution is -0.118. The number of ether oxygens (including phenoxy) is 1. The lowest BCUT2D eigenvalue weighted by Crippen LogP contribution is -2.46. The maximum absolute atomic E-state index is 14.6. The second-order valence-electron chi connectivity index (χ2n) is 13.6. The normalized spacial score (nSPS) is 13.9. The summed E-state index contributed by atoms with van der Waals surface area (Å²) in [7, 11) is 0. The van der Waals surface area contributed by atoms with Crippen LogP contribution in [0.3, 0.4) is 0 Å². The fourth-order valence-corrected chi connectivity index (χ4v) is 6.41. The van der Waals surface area contributed by atoms with Crippen LogP contribution in [0.1, 0.15) is 103 Å². The van der Waals surface area contributed by atoms with Crippen LogP contribution < -0.4 is 10.1 Å². The van der Waals surface area contributed by atoms with Crippen LogP contribution in [0.4, 0.5) is 5.69 Å². The van der Waals surface area contributed by atoms with Crippen LogP contribution in [0.25, 0.3) is 5.69 Å². The van der Waals surface area contributed by atoms with Gasteiger partial charge in [0.05, 0.1) is 23.9 Å². The summed E-state index contributed by atoms with van der Waals surface area (Å²) in [5.74, 6) is 0.146. The van der Waals surface area contributed by atoms with Crippen LogP contribution >= 0.6 is 0 Å². The number of aliphatic hydroxyl groups is 1. The number of aromatic nitrogens is 2. The Morgan fingerprint density at radius 2 is 1.65 bits per heavy atom. The van der Waals surface area contributed by atoms with E-state index in [1.807, 2.05) is 60.4 Å². The molecule has 3 aromatic carbocycles. The maximum atomic E-state index is 14.6. The van der Waals surface area contributed by atoms with Gasteiger partial charge in [-0.2, -0.15) is 5.10 Å². The number of nitrogens with one attached hydrogen (secondary N) is 1. The molecule has 0 saturated heterocycles. The lowest BCUT2D eigenvalue weighted by Gasteiger charge is -2.36. The molecule has 0 bridgehead atoms. The van der Waals surface area contributed by atoms with E-state index in [-0.39, 0.29) is 36.5 Å². The fourth-order valence-electron chi connectivity index (χ4n) is 6.41. The zero-order valence-corrected chi connectivity index (χ0v) is 30.5. The monoisotopic (exact) mass is 693 g/mol. The number of anilines is 1. The molecular weight excluding hydrogens is 642 g/mol. The molecule has 10 heteroatoms. The Bertz CT molecular complexity index is 1810. The number of hydrogen-bond acceptors (Lipinski definition) is 6. The molecule has 0 saturated carbocycles. The standard InChI is InChI=1S/C41H51N5O5/c1-6-8-20-44(21-9-7-2)41(50)37-22-29(5)46(43-37)38-19-16-33(42-39(48)27-51-35-17-14-30(15-18-35)28(3)4)24-36(38)40(49)45-25-32-13-11-10-12-31(32)23-34(45)26-47/h10-19,22,24,28,34,47H,6-9,20-21,23,25-27H2,1-5H3,(H,42,48)/t34-/m1/s1. The van der Waals surface area contributed by atoms with E-state index in [2.05, 4.69) is 33.0 Å². The Balaban J connectivity index is 1.46. The van der Waals surface area contributed by atoms with E-state index in [1.54, 1.807) is 33.8 Å². The molecular formula is C41H51N5O5. The van der Waals surface area contributed by atoms with E-state index in [4.69, 9.17) is 9.84 Å². The second-order valence-corrected chi connectivity index (χ2v) is 13.6. The van der Waals surface area contributed by atoms with Crippen LogP contribution in [0, 0.1) is 6.92 Å². The van der Waals surface area contributed by atoms with Gasteiger partial charge in [0.2, 0.25) is 0 Å². The van der Waals surface area contributed by atoms with E-state index in [0.717, 1.165) is 36.8 Å². The number of fused-ring (bicyclic) bond motifs is 1. The molecule has 0 radical (unpaired) electrons. The Labute approximate surface area is 301 Å². The molecule has 2 heterocycles. The Hall–Kier alpha value is -4.96. The number of carbonyl (C=O) groups excluding carboxylic acids is 3. The van der Waals surface area contributed by atoms with Gasteiger partial charge in [0, 0.05) is 31.0 Å². The van der Waals surface area contributed by atoms with Gasteiger partial charge in [-0.25, -0.2) is 4.68 Å². The Kier molecular flexibility index (Phi) is 12.7. The lowest BCUT2D eigenvalue weighted by atomic mass is 9.93. The molecule has 3 amide bonds. The van der Waals surface area contributed by atoms with Crippen LogP contribution in [-0.4, -0.2) is 74.8 Å². The average Bonchev–Trinajstić information content (AvgIpc) is 3.54. The number of amides is 3. The van der Waals surface area contributed by atoms with Crippen LogP contribution in [-0.2, 0) is 17.8 Å². The number of carbonyl (C=O) groups is 3. The molecule has 10 nitrogen and oxygen atoms in total. The number of aliphatic hydroxyl groups excluding tert-OH is 1. The zero-order chi connectivity index (χ0) is 36.5. The third-order valence-corrected chi connectivity index (χ3v) is 9.44. The molecule has 0 fully saturated rings. The van der Waals surface area contributed by atoms with Crippen molar-refractivity contribution in [3.05, 3.63) is 106 Å². The topological polar surface area (TPSA) is 117 Å². The van der Waals surface area contributed by atoms with Crippen LogP contribution in [0.5, 0.6) is 5.75 Å². The van der Waals surface area contributed by atoms with E-state index in [0.29, 0.717) is 60.5 Å². The minimum Gasteiger partial charge on any atom is -0.484 e. The molecule has 1 aromatic heterocycles. The van der Waals surface area contributed by atoms with E-state index in [9.17, 15) is 19.5 Å². The van der Waals surface area contributed by atoms with E-state index >= 15 is 0 Å². The SMILES string of the molecule is CCCCN(CCCC)C(=O)c1cc(C)n(-c2ccc(NC(=O)COc3ccc(C(C)C)cc3)cc2C(=O)N2Cc3ccccc3C[C@@H]2CO)n1. The minimum absolute atomic E-state index is 0.137. The van der Waals surface area contributed by atoms with Gasteiger partial charge >= 0.3 is 0 Å². The molecule has 1 aliphatic rings. The van der Waals surface area contributed by atoms with Gasteiger partial charge < -0.3 is 25.0 Å². The van der Waals surface area contributed by atoms with Crippen molar-refractivity contribution in [3.8, 4) is 11.4 Å². The first-order valence-corrected chi connectivity index (χ1v) is 18.1. The largest absolute Gasteiger partial charge is 0.484 e. The fraction of sp³-hybridized carbons (Fsp3) is 0.415. The van der Waals surface area contributed by atoms with Crippen molar-refractivity contribution >= 4 is 23.4 Å². The summed E-state index contributed by atoms with van der Waals surface area (Å²) in [4.78, 5) is 44.8. The Morgan fingerprint density at radius 1 is 0.961 bits per heavy atom. The van der Waals surface area contributed by atoms with Gasteiger partial charge in [0.25, 0.3) is 17.7 Å². The smallest absolute Gasteiger partial charge is 0.274 e. The van der Waals surface area contributed by atoms with Gasteiger partial charge in [-0.15, -0.1) is 0 Å². The summed E-state index contributed by atoms with van der Waals surface area (Å²) in [6.07, 6.45) is 4.28. The van der Waals surface area contributed by atoms with Gasteiger partial charge in [0.15, 0.2) is 12.3 Å². The number of benzene rings is 3. The number of aryl methyl sites for hydroxylation is 1. The average molecular weight is 694 g/mol. The number of rotatable bonds is 15. The number of unbranched alkanes of at least 4 members (excludes halogenated alkanes) is 2. The summed E-state index contributed by atoms with van der Waals surface area (Å²) >= 11 is 0. The van der Waals surface area contributed by atoms with Gasteiger partial charge in [-0.05, 0) is 85.2 Å². The third-order valence-electron chi connectivity index (χ3n) is 9.44. The molecule has 4 aromatic rings. The minimum atomic E-state index is -0.435. The molecule has 0 spiro atoms. The van der Waals surface area contributed by atoms with Crippen LogP contribution in [0.15, 0.2) is 72.8 Å². The maximum Gasteiger partial charge on any atom is 0.274 e. The molecule has 0 aliphatic carbocycles. The third kappa shape index (κ3) is 9.05. The molecule has 1 atom stereocenters. The van der Waals surface area contributed by atoms with Crippen molar-refractivity contribution in [2.45, 2.75) is 85.2 Å². The first-order chi connectivity index (χ1) is 24.6. The first kappa shape index (κ1) is 37.3. The predicted molar refractivity (Wildman–Crippen MR) is 200 cm³/mol. The Morgan fingerprint density at radius 3 is 2.29 bits per heavy atom. The quantitative estimate of drug-likeness (QED) is 0.140. The van der Waals surface area contributed by atoms with Crippen molar-refractivity contribution < 1.29 is 24.2 Å². The molecule has 5 rings (SSSR count). The van der Waals surface area contributed by atoms with Crippen molar-refractivity contribution in [1.82, 2.24) is 19.6 Å². The van der Waals surface area contributed by atoms with Crippen molar-refractivity contribution in [1.29, 1.82) is 0 Å².